The number of nitrogens with one attached hydrogen (secondary N) is 2. The van der Waals surface area contributed by atoms with Gasteiger partial charge < -0.3 is 15.5 Å². The van der Waals surface area contributed by atoms with Crippen molar-refractivity contribution in [1.82, 2.24) is 25.1 Å². The van der Waals surface area contributed by atoms with Crippen LogP contribution in [-0.4, -0.2) is 44.9 Å². The van der Waals surface area contributed by atoms with E-state index < -0.39 is 11.6 Å². The summed E-state index contributed by atoms with van der Waals surface area (Å²) < 4.78 is 28.6. The van der Waals surface area contributed by atoms with Crippen molar-refractivity contribution in [3.8, 4) is 5.95 Å². The summed E-state index contributed by atoms with van der Waals surface area (Å²) >= 11 is 0. The zero-order valence-corrected chi connectivity index (χ0v) is 16.2. The number of fused-ring (bicyclic) bond motifs is 2. The first-order valence-corrected chi connectivity index (χ1v) is 9.61. The van der Waals surface area contributed by atoms with Crippen LogP contribution in [0.2, 0.25) is 0 Å². The number of anilines is 3. The van der Waals surface area contributed by atoms with Crippen LogP contribution in [-0.2, 0) is 0 Å². The van der Waals surface area contributed by atoms with E-state index in [9.17, 15) is 8.78 Å². The van der Waals surface area contributed by atoms with E-state index >= 15 is 0 Å². The van der Waals surface area contributed by atoms with Gasteiger partial charge in [0.1, 0.15) is 11.6 Å². The van der Waals surface area contributed by atoms with Crippen molar-refractivity contribution < 1.29 is 8.78 Å². The van der Waals surface area contributed by atoms with Crippen molar-refractivity contribution in [3.05, 3.63) is 53.4 Å². The molecule has 7 nitrogen and oxygen atoms in total. The third kappa shape index (κ3) is 3.31. The Morgan fingerprint density at radius 2 is 1.97 bits per heavy atom. The highest BCUT2D eigenvalue weighted by atomic mass is 19.2. The second-order valence-corrected chi connectivity index (χ2v) is 7.65. The minimum absolute atomic E-state index is 0.388. The lowest BCUT2D eigenvalue weighted by atomic mass is 10.2. The summed E-state index contributed by atoms with van der Waals surface area (Å²) in [5.41, 5.74) is 2.21. The van der Waals surface area contributed by atoms with Crippen LogP contribution in [0.1, 0.15) is 17.8 Å². The lowest BCUT2D eigenvalue weighted by Gasteiger charge is -2.29. The number of hydrogen-bond donors (Lipinski definition) is 2. The van der Waals surface area contributed by atoms with Crippen LogP contribution in [0, 0.1) is 25.5 Å². The van der Waals surface area contributed by atoms with Crippen molar-refractivity contribution in [3.63, 3.8) is 0 Å². The average molecular weight is 397 g/mol. The van der Waals surface area contributed by atoms with E-state index in [1.54, 1.807) is 4.68 Å². The van der Waals surface area contributed by atoms with Gasteiger partial charge in [-0.25, -0.2) is 13.5 Å². The van der Waals surface area contributed by atoms with Crippen LogP contribution in [0.5, 0.6) is 0 Å². The van der Waals surface area contributed by atoms with Gasteiger partial charge in [-0.05, 0) is 38.5 Å². The number of rotatable bonds is 4. The van der Waals surface area contributed by atoms with Gasteiger partial charge in [-0.15, -0.1) is 0 Å². The minimum atomic E-state index is -0.911. The number of halogens is 2. The molecule has 0 amide bonds. The predicted octanol–water partition coefficient (Wildman–Crippen LogP) is 2.85. The summed E-state index contributed by atoms with van der Waals surface area (Å²) in [6.45, 7) is 5.66. The van der Waals surface area contributed by atoms with Gasteiger partial charge in [-0.1, -0.05) is 0 Å². The molecule has 2 bridgehead atoms. The molecular formula is C20H21F2N7. The molecule has 2 fully saturated rings. The first kappa shape index (κ1) is 18.0. The second kappa shape index (κ2) is 6.77. The summed E-state index contributed by atoms with van der Waals surface area (Å²) in [4.78, 5) is 11.6. The molecule has 9 heteroatoms. The van der Waals surface area contributed by atoms with Crippen molar-refractivity contribution in [1.29, 1.82) is 0 Å². The summed E-state index contributed by atoms with van der Waals surface area (Å²) in [5.74, 6) is -0.0660. The maximum atomic E-state index is 13.6. The molecule has 1 aromatic carbocycles. The number of aromatic nitrogens is 4. The molecule has 2 saturated heterocycles. The molecule has 2 N–H and O–H groups in total. The van der Waals surface area contributed by atoms with E-state index in [1.807, 2.05) is 26.0 Å². The first-order chi connectivity index (χ1) is 14.0. The molecule has 150 valence electrons. The fourth-order valence-electron chi connectivity index (χ4n) is 4.12. The van der Waals surface area contributed by atoms with Crippen molar-refractivity contribution >= 4 is 17.3 Å². The van der Waals surface area contributed by atoms with E-state index in [2.05, 4.69) is 25.6 Å². The molecule has 29 heavy (non-hydrogen) atoms. The molecule has 0 radical (unpaired) electrons. The summed E-state index contributed by atoms with van der Waals surface area (Å²) in [6, 6.07) is 8.34. The summed E-state index contributed by atoms with van der Waals surface area (Å²) in [6.07, 6.45) is 1.09. The Balaban J connectivity index is 1.56. The maximum absolute atomic E-state index is 13.6. The van der Waals surface area contributed by atoms with Crippen LogP contribution in [0.4, 0.5) is 26.1 Å². The lowest BCUT2D eigenvalue weighted by molar-refractivity contribution is 0.509. The molecule has 2 atom stereocenters. The van der Waals surface area contributed by atoms with E-state index in [-0.39, 0.29) is 0 Å². The van der Waals surface area contributed by atoms with Gasteiger partial charge in [-0.2, -0.15) is 15.1 Å². The quantitative estimate of drug-likeness (QED) is 0.706. The molecular weight excluding hydrogens is 376 g/mol. The van der Waals surface area contributed by atoms with Gasteiger partial charge in [0.2, 0.25) is 0 Å². The van der Waals surface area contributed by atoms with E-state index in [0.29, 0.717) is 29.5 Å². The Morgan fingerprint density at radius 1 is 1.10 bits per heavy atom. The smallest absolute Gasteiger partial charge is 0.254 e. The molecule has 0 spiro atoms. The highest BCUT2D eigenvalue weighted by Gasteiger charge is 2.38. The van der Waals surface area contributed by atoms with Gasteiger partial charge >= 0.3 is 0 Å². The van der Waals surface area contributed by atoms with Crippen LogP contribution in [0.15, 0.2) is 30.3 Å². The van der Waals surface area contributed by atoms with E-state index in [1.165, 1.54) is 6.07 Å². The molecule has 2 aliphatic rings. The van der Waals surface area contributed by atoms with Crippen molar-refractivity contribution in [2.45, 2.75) is 32.4 Å². The Hall–Kier alpha value is -3.07. The van der Waals surface area contributed by atoms with E-state index in [0.717, 1.165) is 48.8 Å². The van der Waals surface area contributed by atoms with E-state index in [4.69, 9.17) is 4.98 Å². The third-order valence-corrected chi connectivity index (χ3v) is 5.44. The van der Waals surface area contributed by atoms with Gasteiger partial charge in [-0.3, -0.25) is 0 Å². The highest BCUT2D eigenvalue weighted by Crippen LogP contribution is 2.30. The van der Waals surface area contributed by atoms with Crippen LogP contribution < -0.4 is 15.5 Å². The maximum Gasteiger partial charge on any atom is 0.254 e. The van der Waals surface area contributed by atoms with Crippen molar-refractivity contribution in [2.75, 3.05) is 23.3 Å². The molecule has 0 unspecified atom stereocenters. The molecule has 3 aromatic rings. The number of aryl methyl sites for hydroxylation is 2. The Bertz CT molecular complexity index is 1080. The molecule has 0 aliphatic carbocycles. The second-order valence-electron chi connectivity index (χ2n) is 7.65. The fraction of sp³-hybridized carbons (Fsp3) is 0.350. The fourth-order valence-corrected chi connectivity index (χ4v) is 4.12. The highest BCUT2D eigenvalue weighted by molar-refractivity contribution is 5.61. The number of piperazine rings is 1. The Morgan fingerprint density at radius 3 is 2.62 bits per heavy atom. The SMILES string of the molecule is Cc1cc(C)n(-c2nc(Nc3ccc(F)c(F)c3)cc(N3C[C@H]4C[C@@H]3CN4)n2)n1. The average Bonchev–Trinajstić information content (AvgIpc) is 3.40. The normalized spacial score (nSPS) is 20.5. The number of hydrogen-bond acceptors (Lipinski definition) is 6. The molecule has 4 heterocycles. The van der Waals surface area contributed by atoms with Crippen LogP contribution in [0.3, 0.4) is 0 Å². The molecule has 2 aliphatic heterocycles. The zero-order valence-electron chi connectivity index (χ0n) is 16.2. The zero-order chi connectivity index (χ0) is 20.1. The lowest BCUT2D eigenvalue weighted by Crippen LogP contribution is -2.44. The molecule has 2 aromatic heterocycles. The standard InChI is InChI=1S/C20H21F2N7/c1-11-5-12(2)29(27-11)20-25-18(24-13-3-4-16(21)17(22)7-13)8-19(26-20)28-10-14-6-15(28)9-23-14/h3-5,7-8,14-15,23H,6,9-10H2,1-2H3,(H,24,25,26)/t14-,15-/m1/s1. The summed E-state index contributed by atoms with van der Waals surface area (Å²) in [7, 11) is 0. The molecule has 5 rings (SSSR count). The monoisotopic (exact) mass is 397 g/mol. The predicted molar refractivity (Wildman–Crippen MR) is 106 cm³/mol. The largest absolute Gasteiger partial charge is 0.350 e. The third-order valence-electron chi connectivity index (χ3n) is 5.44. The molecule has 0 saturated carbocycles. The van der Waals surface area contributed by atoms with Gasteiger partial charge in [0.25, 0.3) is 5.95 Å². The van der Waals surface area contributed by atoms with Crippen LogP contribution >= 0.6 is 0 Å². The van der Waals surface area contributed by atoms with Crippen molar-refractivity contribution in [2.24, 2.45) is 0 Å². The Labute approximate surface area is 166 Å². The Kier molecular flexibility index (Phi) is 4.20. The number of benzene rings is 1. The van der Waals surface area contributed by atoms with Gasteiger partial charge in [0, 0.05) is 48.7 Å². The summed E-state index contributed by atoms with van der Waals surface area (Å²) in [5, 5.41) is 11.1. The first-order valence-electron chi connectivity index (χ1n) is 9.61. The van der Waals surface area contributed by atoms with Gasteiger partial charge in [0.05, 0.1) is 5.69 Å². The topological polar surface area (TPSA) is 70.9 Å². The number of nitrogens with zero attached hydrogens (tertiary/aromatic N) is 5. The van der Waals surface area contributed by atoms with Gasteiger partial charge in [0.15, 0.2) is 11.6 Å². The minimum Gasteiger partial charge on any atom is -0.350 e. The van der Waals surface area contributed by atoms with Crippen LogP contribution in [0.25, 0.3) is 5.95 Å².